The maximum atomic E-state index is 3.84. The van der Waals surface area contributed by atoms with Crippen LogP contribution in [-0.4, -0.2) is 28.1 Å². The van der Waals surface area contributed by atoms with Crippen molar-refractivity contribution in [2.45, 2.75) is 13.8 Å². The molecule has 0 aliphatic carbocycles. The first-order chi connectivity index (χ1) is 8.65. The number of likely N-dealkylation sites (N-methyl/N-ethyl adjacent to an activating group) is 1. The predicted octanol–water partition coefficient (Wildman–Crippen LogP) is 3.65. The minimum atomic E-state index is 0.451. The topological polar surface area (TPSA) is 3.24 Å². The standard InChI is InChI=1S/C16H19NSe/c1-5-11-17(4)16-15(12(2)13(3)18-16)14-9-7-6-8-10-14/h5-10H,1,11H2,2-4H3. The van der Waals surface area contributed by atoms with E-state index in [9.17, 15) is 0 Å². The van der Waals surface area contributed by atoms with Gasteiger partial charge in [0.15, 0.2) is 0 Å². The summed E-state index contributed by atoms with van der Waals surface area (Å²) in [4.78, 5) is 2.33. The zero-order valence-corrected chi connectivity index (χ0v) is 12.9. The van der Waals surface area contributed by atoms with Gasteiger partial charge in [-0.2, -0.15) is 0 Å². The first-order valence-corrected chi connectivity index (χ1v) is 7.84. The molecule has 0 spiro atoms. The van der Waals surface area contributed by atoms with Crippen LogP contribution in [0.3, 0.4) is 0 Å². The molecule has 2 aromatic rings. The third-order valence-electron chi connectivity index (χ3n) is 3.18. The van der Waals surface area contributed by atoms with Crippen molar-refractivity contribution in [3.63, 3.8) is 0 Å². The van der Waals surface area contributed by atoms with E-state index in [1.165, 1.54) is 25.7 Å². The Morgan fingerprint density at radius 3 is 2.50 bits per heavy atom. The van der Waals surface area contributed by atoms with Crippen LogP contribution >= 0.6 is 0 Å². The molecule has 1 aromatic heterocycles. The van der Waals surface area contributed by atoms with E-state index in [0.29, 0.717) is 14.5 Å². The second-order valence-corrected chi connectivity index (χ2v) is 7.02. The van der Waals surface area contributed by atoms with Crippen LogP contribution < -0.4 is 4.90 Å². The SMILES string of the molecule is C=CCN(C)c1[se]c(C)c(C)c1-c1ccccc1. The molecule has 0 atom stereocenters. The van der Waals surface area contributed by atoms with E-state index < -0.39 is 0 Å². The maximum absolute atomic E-state index is 3.84. The van der Waals surface area contributed by atoms with E-state index in [-0.39, 0.29) is 0 Å². The van der Waals surface area contributed by atoms with Crippen LogP contribution in [0.15, 0.2) is 43.0 Å². The fourth-order valence-electron chi connectivity index (χ4n) is 2.10. The Morgan fingerprint density at radius 1 is 1.22 bits per heavy atom. The molecule has 1 heterocycles. The van der Waals surface area contributed by atoms with Gasteiger partial charge in [0, 0.05) is 0 Å². The Balaban J connectivity index is 2.55. The average molecular weight is 304 g/mol. The monoisotopic (exact) mass is 305 g/mol. The Morgan fingerprint density at radius 2 is 1.89 bits per heavy atom. The number of hydrogen-bond acceptors (Lipinski definition) is 1. The zero-order chi connectivity index (χ0) is 13.1. The van der Waals surface area contributed by atoms with Gasteiger partial charge >= 0.3 is 116 Å². The van der Waals surface area contributed by atoms with Gasteiger partial charge in [0.1, 0.15) is 0 Å². The number of anilines is 1. The number of hydrogen-bond donors (Lipinski definition) is 0. The molecule has 2 heteroatoms. The molecule has 0 fully saturated rings. The van der Waals surface area contributed by atoms with Crippen molar-refractivity contribution in [2.24, 2.45) is 0 Å². The predicted molar refractivity (Wildman–Crippen MR) is 81.8 cm³/mol. The first-order valence-electron chi connectivity index (χ1n) is 6.12. The van der Waals surface area contributed by atoms with E-state index >= 15 is 0 Å². The molecule has 0 amide bonds. The number of benzene rings is 1. The molecule has 18 heavy (non-hydrogen) atoms. The van der Waals surface area contributed by atoms with E-state index in [1.807, 2.05) is 6.08 Å². The van der Waals surface area contributed by atoms with Crippen molar-refractivity contribution in [3.05, 3.63) is 53.0 Å². The quantitative estimate of drug-likeness (QED) is 0.615. The van der Waals surface area contributed by atoms with Crippen molar-refractivity contribution in [2.75, 3.05) is 18.5 Å². The van der Waals surface area contributed by atoms with Gasteiger partial charge in [-0.05, 0) is 0 Å². The summed E-state index contributed by atoms with van der Waals surface area (Å²) in [6.07, 6.45) is 1.97. The summed E-state index contributed by atoms with van der Waals surface area (Å²) in [7, 11) is 2.16. The molecule has 0 saturated heterocycles. The van der Waals surface area contributed by atoms with Gasteiger partial charge in [-0.15, -0.1) is 0 Å². The Bertz CT molecular complexity index is 540. The van der Waals surface area contributed by atoms with E-state index in [4.69, 9.17) is 0 Å². The number of aryl methyl sites for hydroxylation is 1. The second kappa shape index (κ2) is 5.60. The molecule has 0 bridgehead atoms. The van der Waals surface area contributed by atoms with Gasteiger partial charge in [0.2, 0.25) is 0 Å². The normalized spacial score (nSPS) is 10.4. The molecular weight excluding hydrogens is 285 g/mol. The van der Waals surface area contributed by atoms with Crippen molar-refractivity contribution >= 4 is 19.1 Å². The molecule has 0 N–H and O–H groups in total. The number of rotatable bonds is 4. The molecule has 0 aliphatic rings. The summed E-state index contributed by atoms with van der Waals surface area (Å²) < 4.78 is 3.01. The summed E-state index contributed by atoms with van der Waals surface area (Å²) >= 11 is 0.451. The van der Waals surface area contributed by atoms with Crippen LogP contribution in [0.25, 0.3) is 11.1 Å². The summed E-state index contributed by atoms with van der Waals surface area (Å²) in [6, 6.07) is 10.7. The van der Waals surface area contributed by atoms with Gasteiger partial charge in [-0.3, -0.25) is 0 Å². The Hall–Kier alpha value is -1.24. The summed E-state index contributed by atoms with van der Waals surface area (Å²) in [6.45, 7) is 9.25. The molecule has 2 rings (SSSR count). The van der Waals surface area contributed by atoms with Crippen LogP contribution in [0.4, 0.5) is 4.56 Å². The fraction of sp³-hybridized carbons (Fsp3) is 0.250. The van der Waals surface area contributed by atoms with Gasteiger partial charge in [-0.1, -0.05) is 0 Å². The van der Waals surface area contributed by atoms with Crippen LogP contribution in [0, 0.1) is 13.8 Å². The van der Waals surface area contributed by atoms with Gasteiger partial charge < -0.3 is 0 Å². The van der Waals surface area contributed by atoms with Gasteiger partial charge in [0.25, 0.3) is 0 Å². The fourth-order valence-corrected chi connectivity index (χ4v) is 4.51. The van der Waals surface area contributed by atoms with Crippen molar-refractivity contribution in [1.82, 2.24) is 0 Å². The van der Waals surface area contributed by atoms with Crippen molar-refractivity contribution in [1.29, 1.82) is 0 Å². The van der Waals surface area contributed by atoms with E-state index in [2.05, 4.69) is 62.7 Å². The van der Waals surface area contributed by atoms with Gasteiger partial charge in [-0.25, -0.2) is 0 Å². The second-order valence-electron chi connectivity index (χ2n) is 4.50. The molecule has 1 nitrogen and oxygen atoms in total. The van der Waals surface area contributed by atoms with Crippen molar-refractivity contribution in [3.8, 4) is 11.1 Å². The minimum absolute atomic E-state index is 0.451. The molecule has 0 radical (unpaired) electrons. The summed E-state index contributed by atoms with van der Waals surface area (Å²) in [5.74, 6) is 0. The molecule has 94 valence electrons. The first kappa shape index (κ1) is 13.2. The third-order valence-corrected chi connectivity index (χ3v) is 5.95. The number of nitrogens with zero attached hydrogens (tertiary/aromatic N) is 1. The third kappa shape index (κ3) is 2.45. The molecule has 1 aromatic carbocycles. The average Bonchev–Trinajstić information content (AvgIpc) is 2.67. The van der Waals surface area contributed by atoms with Crippen LogP contribution in [-0.2, 0) is 0 Å². The Labute approximate surface area is 116 Å². The zero-order valence-electron chi connectivity index (χ0n) is 11.2. The molecule has 0 saturated carbocycles. The molecule has 0 aliphatic heterocycles. The van der Waals surface area contributed by atoms with Crippen LogP contribution in [0.1, 0.15) is 10.0 Å². The summed E-state index contributed by atoms with van der Waals surface area (Å²) in [5.41, 5.74) is 4.21. The Kier molecular flexibility index (Phi) is 4.11. The summed E-state index contributed by atoms with van der Waals surface area (Å²) in [5, 5.41) is 0. The van der Waals surface area contributed by atoms with Crippen molar-refractivity contribution < 1.29 is 0 Å². The molecule has 0 unspecified atom stereocenters. The van der Waals surface area contributed by atoms with E-state index in [0.717, 1.165) is 6.54 Å². The van der Waals surface area contributed by atoms with Crippen LogP contribution in [0.2, 0.25) is 0 Å². The van der Waals surface area contributed by atoms with Gasteiger partial charge in [0.05, 0.1) is 0 Å². The van der Waals surface area contributed by atoms with Crippen LogP contribution in [0.5, 0.6) is 0 Å². The van der Waals surface area contributed by atoms with E-state index in [1.54, 1.807) is 0 Å². The molecular formula is C16H19NSe.